The maximum Gasteiger partial charge on any atom is 0.293 e. The van der Waals surface area contributed by atoms with Gasteiger partial charge in [-0.15, -0.1) is 5.10 Å². The number of carbonyl (C=O) groups is 1. The highest BCUT2D eigenvalue weighted by Gasteiger charge is 2.23. The molecule has 0 aromatic carbocycles. The summed E-state index contributed by atoms with van der Waals surface area (Å²) in [7, 11) is 1.72. The minimum absolute atomic E-state index is 0.161. The van der Waals surface area contributed by atoms with E-state index < -0.39 is 0 Å². The third-order valence-electron chi connectivity index (χ3n) is 3.11. The highest BCUT2D eigenvalue weighted by atomic mass is 16.3. The van der Waals surface area contributed by atoms with Crippen LogP contribution in [0.4, 0.5) is 0 Å². The van der Waals surface area contributed by atoms with Gasteiger partial charge in [0.15, 0.2) is 0 Å². The van der Waals surface area contributed by atoms with Crippen molar-refractivity contribution in [2.45, 2.75) is 39.7 Å². The lowest BCUT2D eigenvalue weighted by Crippen LogP contribution is -2.27. The lowest BCUT2D eigenvalue weighted by atomic mass is 9.96. The van der Waals surface area contributed by atoms with Crippen molar-refractivity contribution in [1.82, 2.24) is 20.1 Å². The molecule has 2 aromatic rings. The Hall–Kier alpha value is -2.11. The lowest BCUT2D eigenvalue weighted by Gasteiger charge is -2.15. The topological polar surface area (TPSA) is 75.0 Å². The molecule has 0 aliphatic rings. The van der Waals surface area contributed by atoms with Gasteiger partial charge in [0.05, 0.1) is 6.26 Å². The standard InChI is InChI=1S/C14H20N4O2/c1-9-10(6-7-20-9)8-18(5)12(19)11-15-13(17-16-11)14(2,3)4/h6-7H,8H2,1-5H3,(H,15,16,17). The molecule has 108 valence electrons. The van der Waals surface area contributed by atoms with Crippen molar-refractivity contribution in [2.24, 2.45) is 0 Å². The van der Waals surface area contributed by atoms with E-state index in [0.29, 0.717) is 12.4 Å². The molecule has 0 spiro atoms. The van der Waals surface area contributed by atoms with Crippen LogP contribution in [0.1, 0.15) is 48.5 Å². The smallest absolute Gasteiger partial charge is 0.293 e. The molecule has 0 saturated heterocycles. The van der Waals surface area contributed by atoms with Crippen LogP contribution >= 0.6 is 0 Å². The Kier molecular flexibility index (Phi) is 3.65. The first-order chi connectivity index (χ1) is 9.29. The fraction of sp³-hybridized carbons (Fsp3) is 0.500. The summed E-state index contributed by atoms with van der Waals surface area (Å²) in [6.45, 7) is 8.39. The predicted octanol–water partition coefficient (Wildman–Crippen LogP) is 2.28. The number of aromatic nitrogens is 3. The van der Waals surface area contributed by atoms with Crippen LogP contribution in [-0.2, 0) is 12.0 Å². The molecule has 2 heterocycles. The molecule has 0 radical (unpaired) electrons. The molecule has 0 atom stereocenters. The van der Waals surface area contributed by atoms with Crippen LogP contribution in [0.2, 0.25) is 0 Å². The quantitative estimate of drug-likeness (QED) is 0.933. The third kappa shape index (κ3) is 2.89. The van der Waals surface area contributed by atoms with Crippen molar-refractivity contribution in [3.05, 3.63) is 35.3 Å². The van der Waals surface area contributed by atoms with Crippen LogP contribution in [0.15, 0.2) is 16.7 Å². The van der Waals surface area contributed by atoms with Gasteiger partial charge in [-0.3, -0.25) is 9.89 Å². The Morgan fingerprint density at radius 3 is 2.65 bits per heavy atom. The summed E-state index contributed by atoms with van der Waals surface area (Å²) in [6, 6.07) is 1.86. The number of nitrogens with zero attached hydrogens (tertiary/aromatic N) is 3. The summed E-state index contributed by atoms with van der Waals surface area (Å²) in [5.41, 5.74) is 0.818. The second-order valence-electron chi connectivity index (χ2n) is 5.92. The average Bonchev–Trinajstić information content (AvgIpc) is 2.97. The molecule has 1 amide bonds. The fourth-order valence-electron chi connectivity index (χ4n) is 1.77. The Bertz CT molecular complexity index is 607. The van der Waals surface area contributed by atoms with E-state index in [1.807, 2.05) is 33.8 Å². The van der Waals surface area contributed by atoms with E-state index in [4.69, 9.17) is 4.42 Å². The van der Waals surface area contributed by atoms with E-state index in [1.165, 1.54) is 0 Å². The highest BCUT2D eigenvalue weighted by Crippen LogP contribution is 2.18. The molecule has 0 aliphatic heterocycles. The molecule has 1 N–H and O–H groups in total. The molecule has 2 rings (SSSR count). The molecule has 20 heavy (non-hydrogen) atoms. The number of H-pyrrole nitrogens is 1. The zero-order chi connectivity index (χ0) is 14.9. The lowest BCUT2D eigenvalue weighted by molar-refractivity contribution is 0.0773. The summed E-state index contributed by atoms with van der Waals surface area (Å²) < 4.78 is 5.22. The molecule has 0 aliphatic carbocycles. The zero-order valence-electron chi connectivity index (χ0n) is 12.5. The van der Waals surface area contributed by atoms with Gasteiger partial charge in [-0.2, -0.15) is 0 Å². The van der Waals surface area contributed by atoms with E-state index in [-0.39, 0.29) is 17.1 Å². The molecule has 0 saturated carbocycles. The van der Waals surface area contributed by atoms with Gasteiger partial charge in [-0.05, 0) is 13.0 Å². The second kappa shape index (κ2) is 5.11. The van der Waals surface area contributed by atoms with Crippen molar-refractivity contribution in [3.8, 4) is 0 Å². The number of carbonyl (C=O) groups excluding carboxylic acids is 1. The number of hydrogen-bond acceptors (Lipinski definition) is 4. The molecule has 0 fully saturated rings. The molecular weight excluding hydrogens is 256 g/mol. The highest BCUT2D eigenvalue weighted by molar-refractivity contribution is 5.90. The Labute approximate surface area is 118 Å². The summed E-state index contributed by atoms with van der Waals surface area (Å²) >= 11 is 0. The van der Waals surface area contributed by atoms with Crippen LogP contribution < -0.4 is 0 Å². The molecule has 0 bridgehead atoms. The maximum absolute atomic E-state index is 12.3. The summed E-state index contributed by atoms with van der Waals surface area (Å²) in [6.07, 6.45) is 1.62. The van der Waals surface area contributed by atoms with Crippen LogP contribution in [0.5, 0.6) is 0 Å². The van der Waals surface area contributed by atoms with Crippen molar-refractivity contribution in [2.75, 3.05) is 7.05 Å². The van der Waals surface area contributed by atoms with Gasteiger partial charge >= 0.3 is 0 Å². The van der Waals surface area contributed by atoms with Gasteiger partial charge in [0.25, 0.3) is 5.91 Å². The molecule has 0 unspecified atom stereocenters. The van der Waals surface area contributed by atoms with E-state index in [2.05, 4.69) is 15.2 Å². The zero-order valence-corrected chi connectivity index (χ0v) is 12.5. The fourth-order valence-corrected chi connectivity index (χ4v) is 1.77. The number of aromatic amines is 1. The molecule has 6 heteroatoms. The number of amides is 1. The molecule has 6 nitrogen and oxygen atoms in total. The van der Waals surface area contributed by atoms with Gasteiger partial charge in [-0.1, -0.05) is 20.8 Å². The molecular formula is C14H20N4O2. The summed E-state index contributed by atoms with van der Waals surface area (Å²) in [4.78, 5) is 18.1. The monoisotopic (exact) mass is 276 g/mol. The number of aryl methyl sites for hydroxylation is 1. The number of nitrogens with one attached hydrogen (secondary N) is 1. The Morgan fingerprint density at radius 2 is 2.15 bits per heavy atom. The van der Waals surface area contributed by atoms with Crippen molar-refractivity contribution < 1.29 is 9.21 Å². The van der Waals surface area contributed by atoms with Gasteiger partial charge in [0.2, 0.25) is 5.82 Å². The van der Waals surface area contributed by atoms with Gasteiger partial charge in [0, 0.05) is 24.6 Å². The second-order valence-corrected chi connectivity index (χ2v) is 5.92. The van der Waals surface area contributed by atoms with E-state index in [1.54, 1.807) is 18.2 Å². The average molecular weight is 276 g/mol. The first-order valence-electron chi connectivity index (χ1n) is 6.50. The normalized spacial score (nSPS) is 11.7. The van der Waals surface area contributed by atoms with E-state index in [9.17, 15) is 4.79 Å². The van der Waals surface area contributed by atoms with Crippen molar-refractivity contribution in [3.63, 3.8) is 0 Å². The van der Waals surface area contributed by atoms with Crippen LogP contribution in [-0.4, -0.2) is 33.0 Å². The first-order valence-corrected chi connectivity index (χ1v) is 6.50. The van der Waals surface area contributed by atoms with Gasteiger partial charge in [-0.25, -0.2) is 4.98 Å². The minimum atomic E-state index is -0.211. The van der Waals surface area contributed by atoms with E-state index >= 15 is 0 Å². The van der Waals surface area contributed by atoms with Gasteiger partial charge < -0.3 is 9.32 Å². The predicted molar refractivity (Wildman–Crippen MR) is 74.3 cm³/mol. The Balaban J connectivity index is 2.11. The summed E-state index contributed by atoms with van der Waals surface area (Å²) in [5, 5.41) is 6.83. The minimum Gasteiger partial charge on any atom is -0.469 e. The number of furan rings is 1. The van der Waals surface area contributed by atoms with Gasteiger partial charge in [0.1, 0.15) is 11.6 Å². The largest absolute Gasteiger partial charge is 0.469 e. The molecule has 2 aromatic heterocycles. The van der Waals surface area contributed by atoms with Crippen LogP contribution in [0, 0.1) is 6.92 Å². The number of hydrogen-bond donors (Lipinski definition) is 1. The van der Waals surface area contributed by atoms with Crippen molar-refractivity contribution >= 4 is 5.91 Å². The summed E-state index contributed by atoms with van der Waals surface area (Å²) in [5.74, 6) is 1.50. The number of rotatable bonds is 3. The van der Waals surface area contributed by atoms with Crippen LogP contribution in [0.3, 0.4) is 0 Å². The van der Waals surface area contributed by atoms with Crippen molar-refractivity contribution in [1.29, 1.82) is 0 Å². The third-order valence-corrected chi connectivity index (χ3v) is 3.11. The van der Waals surface area contributed by atoms with Crippen LogP contribution in [0.25, 0.3) is 0 Å². The Morgan fingerprint density at radius 1 is 1.45 bits per heavy atom. The first kappa shape index (κ1) is 14.3. The maximum atomic E-state index is 12.3. The SMILES string of the molecule is Cc1occc1CN(C)C(=O)c1n[nH]c(C(C)(C)C)n1. The van der Waals surface area contributed by atoms with E-state index in [0.717, 1.165) is 11.3 Å².